The van der Waals surface area contributed by atoms with Gasteiger partial charge in [0.2, 0.25) is 0 Å². The molecule has 0 bridgehead atoms. The molecule has 0 fully saturated rings. The molecule has 0 amide bonds. The Labute approximate surface area is 112 Å². The van der Waals surface area contributed by atoms with Crippen LogP contribution in [0, 0.1) is 18.3 Å². The van der Waals surface area contributed by atoms with Crippen LogP contribution in [0.5, 0.6) is 0 Å². The molecule has 0 saturated carbocycles. The predicted molar refractivity (Wildman–Crippen MR) is 66.6 cm³/mol. The molecule has 0 aliphatic carbocycles. The van der Waals surface area contributed by atoms with Gasteiger partial charge in [0.15, 0.2) is 0 Å². The molecule has 0 N–H and O–H groups in total. The normalized spacial score (nSPS) is 11.3. The van der Waals surface area contributed by atoms with Gasteiger partial charge in [-0.1, -0.05) is 12.1 Å². The van der Waals surface area contributed by atoms with Gasteiger partial charge in [0.25, 0.3) is 0 Å². The third kappa shape index (κ3) is 2.93. The molecule has 0 spiro atoms. The summed E-state index contributed by atoms with van der Waals surface area (Å²) < 4.78 is 37.9. The molecule has 98 valence electrons. The lowest BCUT2D eigenvalue weighted by molar-refractivity contribution is -0.137. The number of aromatic nitrogens is 1. The van der Waals surface area contributed by atoms with Gasteiger partial charge in [0.1, 0.15) is 5.01 Å². The third-order valence-corrected chi connectivity index (χ3v) is 3.78. The quantitative estimate of drug-likeness (QED) is 0.827. The van der Waals surface area contributed by atoms with Gasteiger partial charge in [-0.05, 0) is 19.1 Å². The standard InChI is InChI=1S/C13H9F3N2S/c1-8-11(5-6-17)19-12(18-8)9-3-2-4-10(7-9)13(14,15)16/h2-4,7H,5H2,1H3. The fraction of sp³-hybridized carbons (Fsp3) is 0.231. The Bertz CT molecular complexity index is 638. The van der Waals surface area contributed by atoms with Crippen molar-refractivity contribution in [3.8, 4) is 16.6 Å². The molecule has 0 radical (unpaired) electrons. The maximum Gasteiger partial charge on any atom is 0.416 e. The monoisotopic (exact) mass is 282 g/mol. The van der Waals surface area contributed by atoms with E-state index in [1.54, 1.807) is 13.0 Å². The summed E-state index contributed by atoms with van der Waals surface area (Å²) in [7, 11) is 0. The summed E-state index contributed by atoms with van der Waals surface area (Å²) in [5, 5.41) is 9.16. The summed E-state index contributed by atoms with van der Waals surface area (Å²) in [5.74, 6) is 0. The molecule has 6 heteroatoms. The highest BCUT2D eigenvalue weighted by atomic mass is 32.1. The van der Waals surface area contributed by atoms with E-state index in [9.17, 15) is 13.2 Å². The first-order chi connectivity index (χ1) is 8.91. The number of halogens is 3. The van der Waals surface area contributed by atoms with Crippen LogP contribution in [0.3, 0.4) is 0 Å². The van der Waals surface area contributed by atoms with Gasteiger partial charge in [0.05, 0.1) is 23.7 Å². The molecule has 0 aliphatic rings. The Balaban J connectivity index is 2.43. The summed E-state index contributed by atoms with van der Waals surface area (Å²) in [6.45, 7) is 1.75. The highest BCUT2D eigenvalue weighted by Crippen LogP contribution is 2.34. The van der Waals surface area contributed by atoms with Crippen molar-refractivity contribution >= 4 is 11.3 Å². The first kappa shape index (κ1) is 13.6. The lowest BCUT2D eigenvalue weighted by Crippen LogP contribution is -2.04. The summed E-state index contributed by atoms with van der Waals surface area (Å²) in [6.07, 6.45) is -4.14. The van der Waals surface area contributed by atoms with Crippen LogP contribution in [0.1, 0.15) is 16.1 Å². The molecule has 2 aromatic rings. The zero-order valence-electron chi connectivity index (χ0n) is 9.95. The van der Waals surface area contributed by atoms with Crippen LogP contribution in [-0.2, 0) is 12.6 Å². The first-order valence-electron chi connectivity index (χ1n) is 5.42. The van der Waals surface area contributed by atoms with E-state index in [4.69, 9.17) is 5.26 Å². The van der Waals surface area contributed by atoms with Crippen LogP contribution in [-0.4, -0.2) is 4.98 Å². The summed E-state index contributed by atoms with van der Waals surface area (Å²) in [5.41, 5.74) is 0.422. The van der Waals surface area contributed by atoms with Gasteiger partial charge in [-0.2, -0.15) is 18.4 Å². The Hall–Kier alpha value is -1.87. The molecule has 1 aromatic heterocycles. The number of aryl methyl sites for hydroxylation is 1. The van der Waals surface area contributed by atoms with Crippen molar-refractivity contribution in [2.75, 3.05) is 0 Å². The smallest absolute Gasteiger partial charge is 0.241 e. The van der Waals surface area contributed by atoms with E-state index in [-0.39, 0.29) is 6.42 Å². The molecule has 0 saturated heterocycles. The predicted octanol–water partition coefficient (Wildman–Crippen LogP) is 4.20. The number of rotatable bonds is 2. The Morgan fingerprint density at radius 1 is 1.37 bits per heavy atom. The average molecular weight is 282 g/mol. The first-order valence-corrected chi connectivity index (χ1v) is 6.24. The fourth-order valence-electron chi connectivity index (χ4n) is 1.62. The molecular weight excluding hydrogens is 273 g/mol. The number of nitrogens with zero attached hydrogens (tertiary/aromatic N) is 2. The number of nitriles is 1. The molecule has 2 nitrogen and oxygen atoms in total. The molecule has 0 aliphatic heterocycles. The van der Waals surface area contributed by atoms with E-state index in [0.29, 0.717) is 16.3 Å². The number of hydrogen-bond acceptors (Lipinski definition) is 3. The van der Waals surface area contributed by atoms with Crippen molar-refractivity contribution < 1.29 is 13.2 Å². The zero-order chi connectivity index (χ0) is 14.0. The van der Waals surface area contributed by atoms with E-state index in [0.717, 1.165) is 17.0 Å². The molecule has 2 rings (SSSR count). The minimum Gasteiger partial charge on any atom is -0.241 e. The van der Waals surface area contributed by atoms with E-state index < -0.39 is 11.7 Å². The molecule has 1 heterocycles. The number of benzene rings is 1. The van der Waals surface area contributed by atoms with Crippen LogP contribution >= 0.6 is 11.3 Å². The molecular formula is C13H9F3N2S. The van der Waals surface area contributed by atoms with Crippen molar-refractivity contribution in [3.05, 3.63) is 40.4 Å². The lowest BCUT2D eigenvalue weighted by atomic mass is 10.1. The highest BCUT2D eigenvalue weighted by molar-refractivity contribution is 7.15. The van der Waals surface area contributed by atoms with Crippen molar-refractivity contribution in [3.63, 3.8) is 0 Å². The Morgan fingerprint density at radius 2 is 2.11 bits per heavy atom. The van der Waals surface area contributed by atoms with Crippen LogP contribution < -0.4 is 0 Å². The van der Waals surface area contributed by atoms with E-state index in [1.165, 1.54) is 17.4 Å². The lowest BCUT2D eigenvalue weighted by Gasteiger charge is -2.07. The third-order valence-electron chi connectivity index (χ3n) is 2.57. The fourth-order valence-corrected chi connectivity index (χ4v) is 2.61. The molecule has 0 unspecified atom stereocenters. The minimum atomic E-state index is -4.36. The zero-order valence-corrected chi connectivity index (χ0v) is 10.8. The van der Waals surface area contributed by atoms with Crippen molar-refractivity contribution in [1.29, 1.82) is 5.26 Å². The second kappa shape index (κ2) is 5.02. The highest BCUT2D eigenvalue weighted by Gasteiger charge is 2.30. The maximum atomic E-state index is 12.6. The van der Waals surface area contributed by atoms with E-state index >= 15 is 0 Å². The molecule has 1 aromatic carbocycles. The van der Waals surface area contributed by atoms with Crippen LogP contribution in [0.2, 0.25) is 0 Å². The van der Waals surface area contributed by atoms with Gasteiger partial charge in [-0.3, -0.25) is 0 Å². The summed E-state index contributed by atoms with van der Waals surface area (Å²) in [4.78, 5) is 5.01. The molecule has 0 atom stereocenters. The maximum absolute atomic E-state index is 12.6. The number of alkyl halides is 3. The van der Waals surface area contributed by atoms with Gasteiger partial charge in [-0.15, -0.1) is 11.3 Å². The number of thiazole rings is 1. The second-order valence-corrected chi connectivity index (χ2v) is 5.02. The Morgan fingerprint density at radius 3 is 2.74 bits per heavy atom. The van der Waals surface area contributed by atoms with Crippen molar-refractivity contribution in [2.24, 2.45) is 0 Å². The topological polar surface area (TPSA) is 36.7 Å². The van der Waals surface area contributed by atoms with Gasteiger partial charge >= 0.3 is 6.18 Å². The summed E-state index contributed by atoms with van der Waals surface area (Å²) in [6, 6.07) is 7.07. The second-order valence-electron chi connectivity index (χ2n) is 3.94. The van der Waals surface area contributed by atoms with Crippen LogP contribution in [0.4, 0.5) is 13.2 Å². The largest absolute Gasteiger partial charge is 0.416 e. The van der Waals surface area contributed by atoms with Gasteiger partial charge in [-0.25, -0.2) is 4.98 Å². The van der Waals surface area contributed by atoms with Crippen LogP contribution in [0.25, 0.3) is 10.6 Å². The van der Waals surface area contributed by atoms with Crippen LogP contribution in [0.15, 0.2) is 24.3 Å². The van der Waals surface area contributed by atoms with E-state index in [1.807, 2.05) is 6.07 Å². The minimum absolute atomic E-state index is 0.225. The van der Waals surface area contributed by atoms with Crippen molar-refractivity contribution in [1.82, 2.24) is 4.98 Å². The summed E-state index contributed by atoms with van der Waals surface area (Å²) >= 11 is 1.26. The SMILES string of the molecule is Cc1nc(-c2cccc(C(F)(F)F)c2)sc1CC#N. The van der Waals surface area contributed by atoms with E-state index in [2.05, 4.69) is 4.98 Å². The number of hydrogen-bond donors (Lipinski definition) is 0. The van der Waals surface area contributed by atoms with Crippen molar-refractivity contribution in [2.45, 2.75) is 19.5 Å². The van der Waals surface area contributed by atoms with Gasteiger partial charge < -0.3 is 0 Å². The average Bonchev–Trinajstić information content (AvgIpc) is 2.71. The Kier molecular flexibility index (Phi) is 3.58. The van der Waals surface area contributed by atoms with Gasteiger partial charge in [0, 0.05) is 10.4 Å². The molecule has 19 heavy (non-hydrogen) atoms.